The molecule has 7 heteroatoms. The monoisotopic (exact) mass is 448 g/mol. The van der Waals surface area contributed by atoms with E-state index < -0.39 is 0 Å². The molecule has 0 radical (unpaired) electrons. The van der Waals surface area contributed by atoms with Gasteiger partial charge in [0.05, 0.1) is 17.3 Å². The van der Waals surface area contributed by atoms with Gasteiger partial charge in [0.2, 0.25) is 5.76 Å². The number of piperidine rings is 1. The van der Waals surface area contributed by atoms with Crippen molar-refractivity contribution in [2.75, 3.05) is 25.1 Å². The quantitative estimate of drug-likeness (QED) is 0.675. The van der Waals surface area contributed by atoms with E-state index in [1.165, 1.54) is 12.8 Å². The third-order valence-electron chi connectivity index (χ3n) is 6.35. The number of alkyl halides is 1. The summed E-state index contributed by atoms with van der Waals surface area (Å²) in [5.41, 5.74) is 0.619. The van der Waals surface area contributed by atoms with Gasteiger partial charge in [-0.3, -0.25) is 4.39 Å². The van der Waals surface area contributed by atoms with Crippen LogP contribution in [0.1, 0.15) is 50.7 Å². The van der Waals surface area contributed by atoms with Crippen molar-refractivity contribution in [2.45, 2.75) is 57.0 Å². The highest BCUT2D eigenvalue weighted by Crippen LogP contribution is 2.34. The average molecular weight is 449 g/mol. The zero-order chi connectivity index (χ0) is 19.5. The molecule has 1 N–H and O–H groups in total. The van der Waals surface area contributed by atoms with Crippen molar-refractivity contribution in [1.82, 2.24) is 9.88 Å². The van der Waals surface area contributed by atoms with Gasteiger partial charge < -0.3 is 14.6 Å². The molecule has 0 bridgehead atoms. The van der Waals surface area contributed by atoms with Crippen molar-refractivity contribution in [3.63, 3.8) is 0 Å². The lowest BCUT2D eigenvalue weighted by molar-refractivity contribution is 0.0999. The van der Waals surface area contributed by atoms with E-state index in [2.05, 4.69) is 31.1 Å². The lowest BCUT2D eigenvalue weighted by Crippen LogP contribution is -2.44. The fourth-order valence-corrected chi connectivity index (χ4v) is 5.20. The van der Waals surface area contributed by atoms with Gasteiger partial charge in [-0.05, 0) is 79.9 Å². The fourth-order valence-electron chi connectivity index (χ4n) is 4.68. The van der Waals surface area contributed by atoms with Crippen molar-refractivity contribution < 1.29 is 8.81 Å². The highest BCUT2D eigenvalue weighted by atomic mass is 79.9. The first-order valence-corrected chi connectivity index (χ1v) is 11.0. The van der Waals surface area contributed by atoms with Crippen LogP contribution in [0.5, 0.6) is 0 Å². The fraction of sp³-hybridized carbons (Fsp3) is 0.619. The number of likely N-dealkylation sites (tertiary alicyclic amines) is 1. The van der Waals surface area contributed by atoms with Crippen molar-refractivity contribution in [2.24, 2.45) is 5.92 Å². The number of furan rings is 1. The zero-order valence-electron chi connectivity index (χ0n) is 16.0. The Morgan fingerprint density at radius 1 is 1.25 bits per heavy atom. The highest BCUT2D eigenvalue weighted by molar-refractivity contribution is 9.10. The van der Waals surface area contributed by atoms with Gasteiger partial charge in [-0.15, -0.1) is 0 Å². The molecule has 5 nitrogen and oxygen atoms in total. The number of nitrogens with zero attached hydrogens (tertiary/aromatic N) is 3. The number of anilines is 1. The molecule has 2 fully saturated rings. The van der Waals surface area contributed by atoms with E-state index >= 15 is 0 Å². The second kappa shape index (κ2) is 8.79. The van der Waals surface area contributed by atoms with E-state index in [-0.39, 0.29) is 6.67 Å². The topological polar surface area (TPSA) is 65.1 Å². The van der Waals surface area contributed by atoms with Gasteiger partial charge in [0.15, 0.2) is 5.58 Å². The number of hydrogen-bond donors (Lipinski definition) is 1. The molecule has 1 saturated carbocycles. The third-order valence-corrected chi connectivity index (χ3v) is 7.15. The molecule has 0 atom stereocenters. The van der Waals surface area contributed by atoms with Gasteiger partial charge in [-0.25, -0.2) is 4.98 Å². The minimum Gasteiger partial charge on any atom is -0.444 e. The summed E-state index contributed by atoms with van der Waals surface area (Å²) in [7, 11) is 0. The molecule has 150 valence electrons. The minimum atomic E-state index is -0.173. The molecule has 1 saturated heterocycles. The molecule has 2 aromatic rings. The minimum absolute atomic E-state index is 0.173. The SMILES string of the molecule is N#Cc1cc2c(Br)c(NC3CCC(N4CCC(CCF)CC4)CC3)ncc2o1. The van der Waals surface area contributed by atoms with Crippen molar-refractivity contribution in [1.29, 1.82) is 5.26 Å². The van der Waals surface area contributed by atoms with Crippen LogP contribution in [0.2, 0.25) is 0 Å². The summed E-state index contributed by atoms with van der Waals surface area (Å²) >= 11 is 3.61. The van der Waals surface area contributed by atoms with Gasteiger partial charge in [-0.2, -0.15) is 5.26 Å². The summed E-state index contributed by atoms with van der Waals surface area (Å²) < 4.78 is 18.8. The van der Waals surface area contributed by atoms with E-state index in [1.807, 2.05) is 6.07 Å². The summed E-state index contributed by atoms with van der Waals surface area (Å²) in [6.07, 6.45) is 9.33. The Kier molecular flexibility index (Phi) is 6.17. The molecule has 2 aromatic heterocycles. The van der Waals surface area contributed by atoms with E-state index in [1.54, 1.807) is 12.3 Å². The smallest absolute Gasteiger partial charge is 0.204 e. The molecule has 4 rings (SSSR count). The summed E-state index contributed by atoms with van der Waals surface area (Å²) in [5.74, 6) is 1.70. The van der Waals surface area contributed by atoms with Gasteiger partial charge >= 0.3 is 0 Å². The van der Waals surface area contributed by atoms with E-state index in [0.717, 1.165) is 60.9 Å². The lowest BCUT2D eigenvalue weighted by atomic mass is 9.87. The molecule has 0 amide bonds. The molecule has 0 spiro atoms. The van der Waals surface area contributed by atoms with Gasteiger partial charge in [0.1, 0.15) is 11.9 Å². The van der Waals surface area contributed by atoms with Crippen LogP contribution in [0.15, 0.2) is 21.2 Å². The predicted octanol–water partition coefficient (Wildman–Crippen LogP) is 5.26. The summed E-state index contributed by atoms with van der Waals surface area (Å²) in [5, 5.41) is 13.5. The first-order valence-electron chi connectivity index (χ1n) is 10.2. The van der Waals surface area contributed by atoms with E-state index in [0.29, 0.717) is 29.3 Å². The molecule has 1 aliphatic heterocycles. The van der Waals surface area contributed by atoms with E-state index in [4.69, 9.17) is 9.68 Å². The molecular weight excluding hydrogens is 423 g/mol. The Hall–Kier alpha value is -1.65. The Bertz CT molecular complexity index is 848. The standard InChI is InChI=1S/C21H26BrFN4O/c22-20-18-11-17(12-24)28-19(18)13-25-21(20)26-15-1-3-16(4-2-15)27-9-6-14(5-8-23)7-10-27/h11,13-16H,1-10H2,(H,25,26). The summed E-state index contributed by atoms with van der Waals surface area (Å²) in [6, 6.07) is 4.85. The van der Waals surface area contributed by atoms with Crippen LogP contribution in [0.4, 0.5) is 10.2 Å². The number of hydrogen-bond acceptors (Lipinski definition) is 5. The normalized spacial score (nSPS) is 24.3. The van der Waals surface area contributed by atoms with Crippen molar-refractivity contribution in [3.8, 4) is 6.07 Å². The first kappa shape index (κ1) is 19.7. The number of halogens is 2. The number of fused-ring (bicyclic) bond motifs is 1. The first-order chi connectivity index (χ1) is 13.7. The van der Waals surface area contributed by atoms with Crippen LogP contribution in [0.25, 0.3) is 11.0 Å². The Morgan fingerprint density at radius 3 is 2.68 bits per heavy atom. The van der Waals surface area contributed by atoms with Gasteiger partial charge in [0, 0.05) is 23.5 Å². The summed E-state index contributed by atoms with van der Waals surface area (Å²) in [6.45, 7) is 2.07. The second-order valence-corrected chi connectivity index (χ2v) is 8.82. The van der Waals surface area contributed by atoms with E-state index in [9.17, 15) is 4.39 Å². The zero-order valence-corrected chi connectivity index (χ0v) is 17.5. The molecule has 2 aliphatic rings. The maximum absolute atomic E-state index is 12.5. The lowest BCUT2D eigenvalue weighted by Gasteiger charge is -2.41. The number of aromatic nitrogens is 1. The van der Waals surface area contributed by atoms with Gasteiger partial charge in [0.25, 0.3) is 0 Å². The molecular formula is C21H26BrFN4O. The number of pyridine rings is 1. The Balaban J connectivity index is 1.32. The van der Waals surface area contributed by atoms with Crippen LogP contribution < -0.4 is 5.32 Å². The van der Waals surface area contributed by atoms with Crippen LogP contribution >= 0.6 is 15.9 Å². The van der Waals surface area contributed by atoms with Crippen molar-refractivity contribution >= 4 is 32.7 Å². The molecule has 28 heavy (non-hydrogen) atoms. The van der Waals surface area contributed by atoms with Crippen LogP contribution in [0.3, 0.4) is 0 Å². The average Bonchev–Trinajstić information content (AvgIpc) is 3.16. The third kappa shape index (κ3) is 4.18. The Labute approximate surface area is 173 Å². The van der Waals surface area contributed by atoms with Gasteiger partial charge in [-0.1, -0.05) is 0 Å². The molecule has 3 heterocycles. The number of rotatable bonds is 5. The van der Waals surface area contributed by atoms with Crippen LogP contribution in [-0.2, 0) is 0 Å². The molecule has 1 aliphatic carbocycles. The van der Waals surface area contributed by atoms with Crippen LogP contribution in [-0.4, -0.2) is 41.7 Å². The number of nitrogens with one attached hydrogen (secondary N) is 1. The highest BCUT2D eigenvalue weighted by Gasteiger charge is 2.29. The second-order valence-electron chi connectivity index (χ2n) is 8.03. The largest absolute Gasteiger partial charge is 0.444 e. The predicted molar refractivity (Wildman–Crippen MR) is 111 cm³/mol. The van der Waals surface area contributed by atoms with Crippen molar-refractivity contribution in [3.05, 3.63) is 22.5 Å². The summed E-state index contributed by atoms with van der Waals surface area (Å²) in [4.78, 5) is 7.11. The maximum Gasteiger partial charge on any atom is 0.204 e. The maximum atomic E-state index is 12.5. The number of nitriles is 1. The molecule has 0 unspecified atom stereocenters. The van der Waals surface area contributed by atoms with Crippen LogP contribution in [0, 0.1) is 17.2 Å². The molecule has 0 aromatic carbocycles. The Morgan fingerprint density at radius 2 is 2.00 bits per heavy atom.